The van der Waals surface area contributed by atoms with E-state index in [1.54, 1.807) is 39.5 Å². The largest absolute Gasteiger partial charge is 0.497 e. The van der Waals surface area contributed by atoms with Crippen LogP contribution in [0.5, 0.6) is 11.5 Å². The number of methoxy groups -OCH3 is 3. The van der Waals surface area contributed by atoms with E-state index in [1.165, 1.54) is 5.56 Å². The Balaban J connectivity index is 0.00000114. The number of amides is 1. The van der Waals surface area contributed by atoms with Crippen molar-refractivity contribution in [3.63, 3.8) is 0 Å². The molecule has 32 heavy (non-hydrogen) atoms. The van der Waals surface area contributed by atoms with Crippen molar-refractivity contribution >= 4 is 12.4 Å². The van der Waals surface area contributed by atoms with Crippen LogP contribution in [0.15, 0.2) is 48.5 Å². The molecule has 0 aromatic heterocycles. The Bertz CT molecular complexity index is 846. The number of carbonyl (C=O) groups excluding carboxylic acids is 1. The topological polar surface area (TPSA) is 97.3 Å². The van der Waals surface area contributed by atoms with E-state index in [0.29, 0.717) is 23.7 Å². The summed E-state index contributed by atoms with van der Waals surface area (Å²) in [4.78, 5) is 23.8. The first-order valence-corrected chi connectivity index (χ1v) is 10.4. The first-order valence-electron chi connectivity index (χ1n) is 10.4. The first-order chi connectivity index (χ1) is 15.6. The van der Waals surface area contributed by atoms with Gasteiger partial charge in [-0.25, -0.2) is 0 Å². The Morgan fingerprint density at radius 3 is 2.50 bits per heavy atom. The molecule has 2 aromatic rings. The van der Waals surface area contributed by atoms with E-state index < -0.39 is 0 Å². The van der Waals surface area contributed by atoms with Gasteiger partial charge in [-0.2, -0.15) is 0 Å². The lowest BCUT2D eigenvalue weighted by Gasteiger charge is -2.39. The number of hydrogen-bond acceptors (Lipinski definition) is 6. The van der Waals surface area contributed by atoms with Crippen molar-refractivity contribution in [3.8, 4) is 11.5 Å². The maximum absolute atomic E-state index is 13.1. The van der Waals surface area contributed by atoms with Crippen LogP contribution >= 0.6 is 0 Å². The number of carbonyl (C=O) groups is 2. The third-order valence-electron chi connectivity index (χ3n) is 5.51. The zero-order chi connectivity index (χ0) is 23.3. The number of ether oxygens (including phenoxy) is 3. The van der Waals surface area contributed by atoms with Crippen molar-refractivity contribution in [2.24, 2.45) is 0 Å². The number of nitrogens with zero attached hydrogens (tertiary/aromatic N) is 1. The lowest BCUT2D eigenvalue weighted by atomic mass is 9.85. The molecule has 1 aliphatic heterocycles. The molecule has 0 unspecified atom stereocenters. The monoisotopic (exact) mass is 444 g/mol. The molecule has 1 aliphatic rings. The molecule has 2 atom stereocenters. The molecule has 1 amide bonds. The number of piperidine rings is 1. The van der Waals surface area contributed by atoms with Gasteiger partial charge in [0.1, 0.15) is 11.5 Å². The zero-order valence-corrected chi connectivity index (χ0v) is 18.8. The van der Waals surface area contributed by atoms with E-state index in [4.69, 9.17) is 24.1 Å². The van der Waals surface area contributed by atoms with Gasteiger partial charge in [0.05, 0.1) is 26.4 Å². The van der Waals surface area contributed by atoms with Crippen molar-refractivity contribution < 1.29 is 28.9 Å². The van der Waals surface area contributed by atoms with Crippen molar-refractivity contribution in [2.75, 3.05) is 47.6 Å². The number of nitrogens with one attached hydrogen (secondary N) is 1. The van der Waals surface area contributed by atoms with E-state index in [-0.39, 0.29) is 24.3 Å². The van der Waals surface area contributed by atoms with Gasteiger partial charge in [-0.15, -0.1) is 0 Å². The molecule has 0 saturated carbocycles. The second kappa shape index (κ2) is 13.3. The Labute approximate surface area is 189 Å². The molecule has 0 radical (unpaired) electrons. The fraction of sp³-hybridized carbons (Fsp3) is 0.417. The van der Waals surface area contributed by atoms with Crippen LogP contribution in [0, 0.1) is 0 Å². The van der Waals surface area contributed by atoms with E-state index in [9.17, 15) is 4.79 Å². The second-order valence-corrected chi connectivity index (χ2v) is 7.35. The second-order valence-electron chi connectivity index (χ2n) is 7.35. The third-order valence-corrected chi connectivity index (χ3v) is 5.51. The lowest BCUT2D eigenvalue weighted by Crippen LogP contribution is -2.52. The Kier molecular flexibility index (Phi) is 10.5. The highest BCUT2D eigenvalue weighted by Crippen LogP contribution is 2.30. The summed E-state index contributed by atoms with van der Waals surface area (Å²) in [5, 5.41) is 10.1. The summed E-state index contributed by atoms with van der Waals surface area (Å²) in [6, 6.07) is 15.7. The van der Waals surface area contributed by atoms with Crippen LogP contribution in [0.4, 0.5) is 0 Å². The fourth-order valence-corrected chi connectivity index (χ4v) is 3.92. The minimum absolute atomic E-state index is 0.00214. The molecule has 0 spiro atoms. The molecule has 1 saturated heterocycles. The highest BCUT2D eigenvalue weighted by atomic mass is 16.5. The number of benzene rings is 2. The summed E-state index contributed by atoms with van der Waals surface area (Å²) in [6.45, 7) is 3.06. The average Bonchev–Trinajstić information content (AvgIpc) is 2.83. The Morgan fingerprint density at radius 2 is 1.88 bits per heavy atom. The lowest BCUT2D eigenvalue weighted by molar-refractivity contribution is -0.122. The molecule has 2 aromatic carbocycles. The van der Waals surface area contributed by atoms with Gasteiger partial charge in [0.25, 0.3) is 12.4 Å². The Hall–Kier alpha value is -3.10. The minimum Gasteiger partial charge on any atom is -0.497 e. The molecule has 8 nitrogen and oxygen atoms in total. The molecular weight excluding hydrogens is 412 g/mol. The fourth-order valence-electron chi connectivity index (χ4n) is 3.92. The maximum atomic E-state index is 13.1. The zero-order valence-electron chi connectivity index (χ0n) is 18.8. The van der Waals surface area contributed by atoms with Gasteiger partial charge in [-0.3, -0.25) is 14.5 Å². The SMILES string of the molecule is COCCN1CC[C@@H](c2ccccc2)[C@@H](NC(=O)c2ccc(OC)cc2OC)C1.O=CO. The quantitative estimate of drug-likeness (QED) is 0.604. The van der Waals surface area contributed by atoms with Crippen LogP contribution in [-0.2, 0) is 9.53 Å². The van der Waals surface area contributed by atoms with Crippen LogP contribution < -0.4 is 14.8 Å². The van der Waals surface area contributed by atoms with Crippen LogP contribution in [0.2, 0.25) is 0 Å². The van der Waals surface area contributed by atoms with Crippen LogP contribution in [0.25, 0.3) is 0 Å². The predicted octanol–water partition coefficient (Wildman–Crippen LogP) is 2.64. The maximum Gasteiger partial charge on any atom is 0.290 e. The minimum atomic E-state index is -0.250. The number of hydrogen-bond donors (Lipinski definition) is 2. The smallest absolute Gasteiger partial charge is 0.290 e. The van der Waals surface area contributed by atoms with E-state index >= 15 is 0 Å². The van der Waals surface area contributed by atoms with Gasteiger partial charge in [0, 0.05) is 38.2 Å². The molecule has 1 fully saturated rings. The number of carboxylic acid groups (broad SMARTS) is 1. The molecule has 2 N–H and O–H groups in total. The van der Waals surface area contributed by atoms with Crippen molar-refractivity contribution in [1.29, 1.82) is 0 Å². The Morgan fingerprint density at radius 1 is 1.16 bits per heavy atom. The third kappa shape index (κ3) is 6.96. The van der Waals surface area contributed by atoms with Crippen LogP contribution in [-0.4, -0.2) is 76.0 Å². The first kappa shape index (κ1) is 25.2. The molecule has 8 heteroatoms. The summed E-state index contributed by atoms with van der Waals surface area (Å²) < 4.78 is 15.9. The molecule has 3 rings (SSSR count). The van der Waals surface area contributed by atoms with Gasteiger partial charge in [-0.1, -0.05) is 30.3 Å². The van der Waals surface area contributed by atoms with Crippen molar-refractivity contribution in [1.82, 2.24) is 10.2 Å². The molecule has 1 heterocycles. The standard InChI is InChI=1S/C23H30N2O4.CH2O2/c1-27-14-13-25-12-11-19(17-7-5-4-6-8-17)21(16-25)24-23(26)20-10-9-18(28-2)15-22(20)29-3;2-1-3/h4-10,15,19,21H,11-14,16H2,1-3H3,(H,24,26);1H,(H,2,3)/t19-,21-;/m0./s1. The van der Waals surface area contributed by atoms with Crippen molar-refractivity contribution in [3.05, 3.63) is 59.7 Å². The van der Waals surface area contributed by atoms with E-state index in [2.05, 4.69) is 34.5 Å². The average molecular weight is 445 g/mol. The summed E-state index contributed by atoms with van der Waals surface area (Å²) in [7, 11) is 4.87. The molecule has 0 bridgehead atoms. The van der Waals surface area contributed by atoms with Gasteiger partial charge >= 0.3 is 0 Å². The summed E-state index contributed by atoms with van der Waals surface area (Å²) >= 11 is 0. The van der Waals surface area contributed by atoms with Gasteiger partial charge in [-0.05, 0) is 30.7 Å². The predicted molar refractivity (Wildman–Crippen MR) is 122 cm³/mol. The molecule has 0 aliphatic carbocycles. The van der Waals surface area contributed by atoms with Crippen LogP contribution in [0.1, 0.15) is 28.3 Å². The normalized spacial score (nSPS) is 18.1. The van der Waals surface area contributed by atoms with E-state index in [0.717, 1.165) is 26.1 Å². The number of likely N-dealkylation sites (tertiary alicyclic amines) is 1. The van der Waals surface area contributed by atoms with Crippen LogP contribution in [0.3, 0.4) is 0 Å². The number of rotatable bonds is 8. The van der Waals surface area contributed by atoms with Crippen molar-refractivity contribution in [2.45, 2.75) is 18.4 Å². The molecular formula is C24H32N2O6. The summed E-state index contributed by atoms with van der Waals surface area (Å²) in [6.07, 6.45) is 0.985. The van der Waals surface area contributed by atoms with Gasteiger partial charge in [0.2, 0.25) is 0 Å². The highest BCUT2D eigenvalue weighted by Gasteiger charge is 2.32. The molecule has 174 valence electrons. The highest BCUT2D eigenvalue weighted by molar-refractivity contribution is 5.97. The van der Waals surface area contributed by atoms with Gasteiger partial charge in [0.15, 0.2) is 0 Å². The summed E-state index contributed by atoms with van der Waals surface area (Å²) in [5.74, 6) is 1.29. The van der Waals surface area contributed by atoms with E-state index in [1.807, 2.05) is 6.07 Å². The van der Waals surface area contributed by atoms with Gasteiger partial charge < -0.3 is 24.6 Å². The summed E-state index contributed by atoms with van der Waals surface area (Å²) in [5.41, 5.74) is 1.76.